The second-order valence-corrected chi connectivity index (χ2v) is 3.39. The van der Waals surface area contributed by atoms with E-state index in [0.29, 0.717) is 11.5 Å². The molecule has 0 saturated heterocycles. The summed E-state index contributed by atoms with van der Waals surface area (Å²) in [7, 11) is 0. The third-order valence-corrected chi connectivity index (χ3v) is 1.97. The first-order chi connectivity index (χ1) is 7.65. The van der Waals surface area contributed by atoms with Crippen molar-refractivity contribution in [3.63, 3.8) is 0 Å². The molecule has 0 atom stereocenters. The average Bonchev–Trinajstić information content (AvgIpc) is 2.68. The summed E-state index contributed by atoms with van der Waals surface area (Å²) < 4.78 is 0. The molecule has 0 aliphatic heterocycles. The molecule has 0 aliphatic carbocycles. The molecule has 0 aromatic carbocycles. The number of pyridine rings is 1. The minimum absolute atomic E-state index is 0.123. The van der Waals surface area contributed by atoms with E-state index in [2.05, 4.69) is 25.5 Å². The van der Waals surface area contributed by atoms with E-state index in [0.717, 1.165) is 5.69 Å². The van der Waals surface area contributed by atoms with Gasteiger partial charge in [0, 0.05) is 5.69 Å². The highest BCUT2D eigenvalue weighted by molar-refractivity contribution is 6.01. The molecule has 2 rings (SSSR count). The Bertz CT molecular complexity index is 502. The SMILES string of the molecule is Cc1ccc(NC(=O)c2n[nH]c(C)n2)cn1. The first-order valence-corrected chi connectivity index (χ1v) is 4.78. The van der Waals surface area contributed by atoms with E-state index in [1.54, 1.807) is 19.2 Å². The minimum Gasteiger partial charge on any atom is -0.318 e. The molecule has 2 N–H and O–H groups in total. The Labute approximate surface area is 92.1 Å². The van der Waals surface area contributed by atoms with Crippen LogP contribution < -0.4 is 5.32 Å². The van der Waals surface area contributed by atoms with Crippen LogP contribution in [0, 0.1) is 13.8 Å². The Morgan fingerprint density at radius 3 is 2.75 bits per heavy atom. The summed E-state index contributed by atoms with van der Waals surface area (Å²) in [6.45, 7) is 3.61. The number of hydrogen-bond acceptors (Lipinski definition) is 4. The van der Waals surface area contributed by atoms with Crippen molar-refractivity contribution in [2.24, 2.45) is 0 Å². The van der Waals surface area contributed by atoms with Crippen molar-refractivity contribution in [1.29, 1.82) is 0 Å². The lowest BCUT2D eigenvalue weighted by atomic mass is 10.3. The summed E-state index contributed by atoms with van der Waals surface area (Å²) >= 11 is 0. The number of hydrogen-bond donors (Lipinski definition) is 2. The van der Waals surface area contributed by atoms with Crippen LogP contribution in [0.3, 0.4) is 0 Å². The third-order valence-electron chi connectivity index (χ3n) is 1.97. The van der Waals surface area contributed by atoms with Crippen LogP contribution in [0.25, 0.3) is 0 Å². The van der Waals surface area contributed by atoms with E-state index >= 15 is 0 Å². The van der Waals surface area contributed by atoms with Gasteiger partial charge in [0.15, 0.2) is 0 Å². The van der Waals surface area contributed by atoms with Gasteiger partial charge in [0.2, 0.25) is 5.82 Å². The highest BCUT2D eigenvalue weighted by Gasteiger charge is 2.10. The largest absolute Gasteiger partial charge is 0.318 e. The fourth-order valence-corrected chi connectivity index (χ4v) is 1.17. The number of aryl methyl sites for hydroxylation is 2. The van der Waals surface area contributed by atoms with Gasteiger partial charge in [-0.25, -0.2) is 4.98 Å². The minimum atomic E-state index is -0.352. The van der Waals surface area contributed by atoms with E-state index in [1.165, 1.54) is 0 Å². The van der Waals surface area contributed by atoms with Gasteiger partial charge >= 0.3 is 0 Å². The number of aromatic amines is 1. The normalized spacial score (nSPS) is 10.1. The van der Waals surface area contributed by atoms with Crippen molar-refractivity contribution in [3.05, 3.63) is 35.7 Å². The molecule has 0 fully saturated rings. The molecule has 1 amide bonds. The highest BCUT2D eigenvalue weighted by Crippen LogP contribution is 2.06. The number of nitrogens with zero attached hydrogens (tertiary/aromatic N) is 3. The lowest BCUT2D eigenvalue weighted by Crippen LogP contribution is -2.13. The molecule has 0 saturated carbocycles. The first kappa shape index (κ1) is 10.3. The van der Waals surface area contributed by atoms with E-state index in [-0.39, 0.29) is 11.7 Å². The van der Waals surface area contributed by atoms with Gasteiger partial charge in [-0.3, -0.25) is 14.9 Å². The molecule has 0 radical (unpaired) electrons. The Morgan fingerprint density at radius 2 is 2.19 bits per heavy atom. The standard InChI is InChI=1S/C10H11N5O/c1-6-3-4-8(5-11-6)13-10(16)9-12-7(2)14-15-9/h3-5H,1-2H3,(H,13,16)(H,12,14,15). The fourth-order valence-electron chi connectivity index (χ4n) is 1.17. The lowest BCUT2D eigenvalue weighted by molar-refractivity contribution is 0.101. The maximum Gasteiger partial charge on any atom is 0.295 e. The van der Waals surface area contributed by atoms with Crippen LogP contribution in [0.2, 0.25) is 0 Å². The predicted molar refractivity (Wildman–Crippen MR) is 58.0 cm³/mol. The van der Waals surface area contributed by atoms with E-state index in [4.69, 9.17) is 0 Å². The van der Waals surface area contributed by atoms with Gasteiger partial charge in [0.25, 0.3) is 5.91 Å². The molecular weight excluding hydrogens is 206 g/mol. The van der Waals surface area contributed by atoms with Gasteiger partial charge in [-0.1, -0.05) is 0 Å². The van der Waals surface area contributed by atoms with Gasteiger partial charge in [0.05, 0.1) is 11.9 Å². The molecule has 82 valence electrons. The number of anilines is 1. The lowest BCUT2D eigenvalue weighted by Gasteiger charge is -2.01. The van der Waals surface area contributed by atoms with Crippen molar-refractivity contribution in [2.45, 2.75) is 13.8 Å². The predicted octanol–water partition coefficient (Wildman–Crippen LogP) is 1.07. The zero-order valence-electron chi connectivity index (χ0n) is 8.98. The number of amides is 1. The summed E-state index contributed by atoms with van der Waals surface area (Å²) in [5.41, 5.74) is 1.52. The molecule has 2 aromatic heterocycles. The highest BCUT2D eigenvalue weighted by atomic mass is 16.2. The molecule has 0 aliphatic rings. The Kier molecular flexibility index (Phi) is 2.63. The summed E-state index contributed by atoms with van der Waals surface area (Å²) in [6, 6.07) is 3.60. The Balaban J connectivity index is 2.10. The average molecular weight is 217 g/mol. The summed E-state index contributed by atoms with van der Waals surface area (Å²) in [6.07, 6.45) is 1.59. The molecular formula is C10H11N5O. The van der Waals surface area contributed by atoms with Crippen LogP contribution in [0.4, 0.5) is 5.69 Å². The molecule has 0 unspecified atom stereocenters. The van der Waals surface area contributed by atoms with Gasteiger partial charge in [-0.05, 0) is 26.0 Å². The van der Waals surface area contributed by atoms with Crippen LogP contribution in [0.1, 0.15) is 22.1 Å². The smallest absolute Gasteiger partial charge is 0.295 e. The quantitative estimate of drug-likeness (QED) is 0.788. The molecule has 2 heterocycles. The number of rotatable bonds is 2. The van der Waals surface area contributed by atoms with Crippen molar-refractivity contribution in [1.82, 2.24) is 20.2 Å². The van der Waals surface area contributed by atoms with Crippen LogP contribution in [0.15, 0.2) is 18.3 Å². The number of carbonyl (C=O) groups excluding carboxylic acids is 1. The second-order valence-electron chi connectivity index (χ2n) is 3.39. The van der Waals surface area contributed by atoms with Crippen LogP contribution in [-0.4, -0.2) is 26.1 Å². The molecule has 6 heteroatoms. The molecule has 16 heavy (non-hydrogen) atoms. The van der Waals surface area contributed by atoms with Crippen molar-refractivity contribution < 1.29 is 4.79 Å². The maximum absolute atomic E-state index is 11.6. The number of carbonyl (C=O) groups is 1. The maximum atomic E-state index is 11.6. The summed E-state index contributed by atoms with van der Waals surface area (Å²) in [5.74, 6) is 0.375. The van der Waals surface area contributed by atoms with Gasteiger partial charge < -0.3 is 5.32 Å². The van der Waals surface area contributed by atoms with E-state index < -0.39 is 0 Å². The molecule has 6 nitrogen and oxygen atoms in total. The van der Waals surface area contributed by atoms with Crippen LogP contribution in [-0.2, 0) is 0 Å². The third kappa shape index (κ3) is 2.22. The molecule has 0 spiro atoms. The topological polar surface area (TPSA) is 83.6 Å². The number of aromatic nitrogens is 4. The zero-order chi connectivity index (χ0) is 11.5. The van der Waals surface area contributed by atoms with Crippen LogP contribution in [0.5, 0.6) is 0 Å². The van der Waals surface area contributed by atoms with Gasteiger partial charge in [-0.2, -0.15) is 0 Å². The van der Waals surface area contributed by atoms with Crippen molar-refractivity contribution in [2.75, 3.05) is 5.32 Å². The molecule has 2 aromatic rings. The van der Waals surface area contributed by atoms with Crippen molar-refractivity contribution in [3.8, 4) is 0 Å². The van der Waals surface area contributed by atoms with Gasteiger partial charge in [-0.15, -0.1) is 5.10 Å². The number of H-pyrrole nitrogens is 1. The van der Waals surface area contributed by atoms with Gasteiger partial charge in [0.1, 0.15) is 5.82 Å². The van der Waals surface area contributed by atoms with Crippen LogP contribution >= 0.6 is 0 Å². The monoisotopic (exact) mass is 217 g/mol. The van der Waals surface area contributed by atoms with E-state index in [1.807, 2.05) is 13.0 Å². The Morgan fingerprint density at radius 1 is 1.38 bits per heavy atom. The number of nitrogens with one attached hydrogen (secondary N) is 2. The van der Waals surface area contributed by atoms with E-state index in [9.17, 15) is 4.79 Å². The fraction of sp³-hybridized carbons (Fsp3) is 0.200. The summed E-state index contributed by atoms with van der Waals surface area (Å²) in [5, 5.41) is 9.02. The molecule has 0 bridgehead atoms. The van der Waals surface area contributed by atoms with Crippen molar-refractivity contribution >= 4 is 11.6 Å². The Hall–Kier alpha value is -2.24. The summed E-state index contributed by atoms with van der Waals surface area (Å²) in [4.78, 5) is 19.6. The zero-order valence-corrected chi connectivity index (χ0v) is 8.98. The second kappa shape index (κ2) is 4.09. The first-order valence-electron chi connectivity index (χ1n) is 4.78.